The molecule has 74 valence electrons. The molecule has 0 radical (unpaired) electrons. The molecule has 0 aliphatic carbocycles. The van der Waals surface area contributed by atoms with Gasteiger partial charge in [-0.05, 0) is 6.42 Å². The average Bonchev–Trinajstić information content (AvgIpc) is 1.82. The fourth-order valence-electron chi connectivity index (χ4n) is 0.402. The maximum absolute atomic E-state index is 9.99. The maximum Gasteiger partial charge on any atom is 2.00 e. The van der Waals surface area contributed by atoms with Crippen LogP contribution in [0, 0.1) is 0 Å². The van der Waals surface area contributed by atoms with Crippen molar-refractivity contribution >= 4 is 49.7 Å². The number of hydrogen-bond acceptors (Lipinski definition) is 3. The Balaban J connectivity index is -0.000000135. The van der Waals surface area contributed by atoms with Crippen molar-refractivity contribution in [3.63, 3.8) is 0 Å². The van der Waals surface area contributed by atoms with Gasteiger partial charge in [0, 0.05) is 6.42 Å². The van der Waals surface area contributed by atoms with Crippen molar-refractivity contribution in [2.24, 2.45) is 5.73 Å². The van der Waals surface area contributed by atoms with Crippen molar-refractivity contribution in [1.82, 2.24) is 0 Å². The van der Waals surface area contributed by atoms with E-state index in [2.05, 4.69) is 0 Å². The Morgan fingerprint density at radius 1 is 1.23 bits per heavy atom. The van der Waals surface area contributed by atoms with Crippen LogP contribution < -0.4 is 30.5 Å². The van der Waals surface area contributed by atoms with Crippen LogP contribution in [0.15, 0.2) is 0 Å². The molecule has 0 bridgehead atoms. The Hall–Kier alpha value is 0.740. The van der Waals surface area contributed by atoms with Gasteiger partial charge in [0.15, 0.2) is 0 Å². The van der Waals surface area contributed by atoms with Crippen molar-refractivity contribution in [3.8, 4) is 0 Å². The standard InChI is InChI=1S/C5H9NO4.Ca.2ClH/c6-3(5(9)10)1-2-4(7)8;;;/h3H,1-2,6H2,(H,7,8)(H,9,10);;2*1H/q;+2;;/p-2/t3-;;;/m0.../s1. The molecule has 5 nitrogen and oxygen atoms in total. The van der Waals surface area contributed by atoms with E-state index in [-0.39, 0.29) is 75.4 Å². The first-order valence-electron chi connectivity index (χ1n) is 2.74. The van der Waals surface area contributed by atoms with Crippen molar-refractivity contribution in [3.05, 3.63) is 0 Å². The van der Waals surface area contributed by atoms with Gasteiger partial charge >= 0.3 is 49.7 Å². The van der Waals surface area contributed by atoms with Gasteiger partial charge in [0.1, 0.15) is 6.04 Å². The third-order valence-corrected chi connectivity index (χ3v) is 0.986. The fourth-order valence-corrected chi connectivity index (χ4v) is 0.402. The number of aliphatic carboxylic acids is 2. The Morgan fingerprint density at radius 2 is 1.62 bits per heavy atom. The maximum atomic E-state index is 9.99. The van der Waals surface area contributed by atoms with Gasteiger partial charge in [-0.15, -0.1) is 0 Å². The molecule has 8 heteroatoms. The van der Waals surface area contributed by atoms with Crippen molar-refractivity contribution in [2.45, 2.75) is 18.9 Å². The molecule has 0 aromatic heterocycles. The molecule has 0 rings (SSSR count). The van der Waals surface area contributed by atoms with Gasteiger partial charge < -0.3 is 40.8 Å². The van der Waals surface area contributed by atoms with Gasteiger partial charge in [-0.25, -0.2) is 0 Å². The van der Waals surface area contributed by atoms with Gasteiger partial charge in [-0.2, -0.15) is 0 Å². The second-order valence-corrected chi connectivity index (χ2v) is 1.88. The molecule has 0 unspecified atom stereocenters. The van der Waals surface area contributed by atoms with E-state index in [4.69, 9.17) is 15.9 Å². The minimum Gasteiger partial charge on any atom is -1.00 e. The first-order chi connectivity index (χ1) is 4.54. The van der Waals surface area contributed by atoms with Gasteiger partial charge in [0.25, 0.3) is 0 Å². The molecule has 0 spiro atoms. The number of carboxylic acids is 2. The molecule has 0 aliphatic rings. The third kappa shape index (κ3) is 15.5. The van der Waals surface area contributed by atoms with Crippen molar-refractivity contribution in [2.75, 3.05) is 0 Å². The van der Waals surface area contributed by atoms with Gasteiger partial charge in [0.2, 0.25) is 0 Å². The van der Waals surface area contributed by atoms with E-state index in [1.54, 1.807) is 0 Å². The van der Waals surface area contributed by atoms with Gasteiger partial charge in [0.05, 0.1) is 0 Å². The summed E-state index contributed by atoms with van der Waals surface area (Å²) in [6, 6.07) is -1.06. The number of rotatable bonds is 4. The molecular formula is C5H9CaCl2NO4. The van der Waals surface area contributed by atoms with E-state index >= 15 is 0 Å². The topological polar surface area (TPSA) is 101 Å². The second kappa shape index (κ2) is 12.7. The van der Waals surface area contributed by atoms with Crippen LogP contribution in [-0.4, -0.2) is 65.9 Å². The summed E-state index contributed by atoms with van der Waals surface area (Å²) in [5.74, 6) is -2.20. The molecule has 0 aliphatic heterocycles. The predicted octanol–water partition coefficient (Wildman–Crippen LogP) is -7.11. The zero-order valence-electron chi connectivity index (χ0n) is 6.74. The Labute approximate surface area is 118 Å². The predicted molar refractivity (Wildman–Crippen MR) is 38.2 cm³/mol. The molecule has 0 saturated heterocycles. The monoisotopic (exact) mass is 257 g/mol. The number of nitrogens with two attached hydrogens (primary N) is 1. The summed E-state index contributed by atoms with van der Waals surface area (Å²) < 4.78 is 0. The van der Waals surface area contributed by atoms with Crippen LogP contribution in [0.25, 0.3) is 0 Å². The molecule has 0 heterocycles. The molecule has 0 aromatic carbocycles. The van der Waals surface area contributed by atoms with Gasteiger partial charge in [-0.1, -0.05) is 0 Å². The smallest absolute Gasteiger partial charge is 1.00 e. The SMILES string of the molecule is N[C@@H](CCC(=O)O)C(=O)O.[Ca+2].[Cl-].[Cl-]. The van der Waals surface area contributed by atoms with Crippen molar-refractivity contribution < 1.29 is 44.6 Å². The molecule has 4 N–H and O–H groups in total. The van der Waals surface area contributed by atoms with E-state index < -0.39 is 18.0 Å². The minimum absolute atomic E-state index is 0. The van der Waals surface area contributed by atoms with Crippen LogP contribution >= 0.6 is 0 Å². The van der Waals surface area contributed by atoms with E-state index in [9.17, 15) is 9.59 Å². The van der Waals surface area contributed by atoms with Crippen LogP contribution in [0.5, 0.6) is 0 Å². The summed E-state index contributed by atoms with van der Waals surface area (Å²) in [5.41, 5.74) is 5.00. The normalized spacial score (nSPS) is 9.62. The number of carboxylic acid groups (broad SMARTS) is 2. The minimum atomic E-state index is -1.17. The second-order valence-electron chi connectivity index (χ2n) is 1.88. The van der Waals surface area contributed by atoms with Gasteiger partial charge in [-0.3, -0.25) is 9.59 Å². The summed E-state index contributed by atoms with van der Waals surface area (Å²) in [7, 11) is 0. The van der Waals surface area contributed by atoms with Crippen LogP contribution in [0.4, 0.5) is 0 Å². The quantitative estimate of drug-likeness (QED) is 0.435. The molecule has 0 aromatic rings. The Morgan fingerprint density at radius 3 is 1.85 bits per heavy atom. The van der Waals surface area contributed by atoms with Crippen LogP contribution in [0.1, 0.15) is 12.8 Å². The number of halogens is 2. The molecule has 0 saturated carbocycles. The zero-order valence-corrected chi connectivity index (χ0v) is 10.5. The zero-order chi connectivity index (χ0) is 8.15. The largest absolute Gasteiger partial charge is 2.00 e. The Kier molecular flexibility index (Phi) is 23.0. The Bertz CT molecular complexity index is 157. The molecule has 0 fully saturated rings. The summed E-state index contributed by atoms with van der Waals surface area (Å²) in [5, 5.41) is 16.3. The van der Waals surface area contributed by atoms with E-state index in [1.807, 2.05) is 0 Å². The first kappa shape index (κ1) is 23.5. The van der Waals surface area contributed by atoms with Crippen LogP contribution in [0.2, 0.25) is 0 Å². The third-order valence-electron chi connectivity index (χ3n) is 0.986. The first-order valence-corrected chi connectivity index (χ1v) is 2.74. The van der Waals surface area contributed by atoms with Crippen LogP contribution in [0.3, 0.4) is 0 Å². The molecule has 0 amide bonds. The summed E-state index contributed by atoms with van der Waals surface area (Å²) in [4.78, 5) is 19.9. The van der Waals surface area contributed by atoms with Crippen molar-refractivity contribution in [1.29, 1.82) is 0 Å². The number of carbonyl (C=O) groups is 2. The van der Waals surface area contributed by atoms with E-state index in [0.29, 0.717) is 0 Å². The molecule has 13 heavy (non-hydrogen) atoms. The summed E-state index contributed by atoms with van der Waals surface area (Å²) in [6.45, 7) is 0. The summed E-state index contributed by atoms with van der Waals surface area (Å²) >= 11 is 0. The molecular weight excluding hydrogens is 249 g/mol. The van der Waals surface area contributed by atoms with E-state index in [1.165, 1.54) is 0 Å². The summed E-state index contributed by atoms with van der Waals surface area (Å²) in [6.07, 6.45) is -0.224. The molecule has 1 atom stereocenters. The average molecular weight is 258 g/mol. The van der Waals surface area contributed by atoms with Crippen LogP contribution in [-0.2, 0) is 9.59 Å². The van der Waals surface area contributed by atoms with E-state index in [0.717, 1.165) is 0 Å². The fraction of sp³-hybridized carbons (Fsp3) is 0.600. The number of hydrogen-bond donors (Lipinski definition) is 3.